The Bertz CT molecular complexity index is 637. The lowest BCUT2D eigenvalue weighted by Crippen LogP contribution is -2.09. The van der Waals surface area contributed by atoms with Crippen LogP contribution in [-0.2, 0) is 23.1 Å². The molecule has 0 aliphatic rings. The van der Waals surface area contributed by atoms with Gasteiger partial charge in [-0.15, -0.1) is 10.2 Å². The van der Waals surface area contributed by atoms with E-state index in [2.05, 4.69) is 15.3 Å². The molecule has 0 spiro atoms. The predicted molar refractivity (Wildman–Crippen MR) is 77.2 cm³/mol. The number of methoxy groups -OCH3 is 1. The molecule has 1 N–H and O–H groups in total. The summed E-state index contributed by atoms with van der Waals surface area (Å²) >= 11 is 1.14. The van der Waals surface area contributed by atoms with Crippen molar-refractivity contribution in [1.82, 2.24) is 24.5 Å². The summed E-state index contributed by atoms with van der Waals surface area (Å²) in [5, 5.41) is 21.9. The van der Waals surface area contributed by atoms with Crippen molar-refractivity contribution in [3.63, 3.8) is 0 Å². The second kappa shape index (κ2) is 6.72. The van der Waals surface area contributed by atoms with Gasteiger partial charge >= 0.3 is 5.97 Å². The highest BCUT2D eigenvalue weighted by Gasteiger charge is 2.18. The van der Waals surface area contributed by atoms with Gasteiger partial charge in [0.2, 0.25) is 0 Å². The zero-order chi connectivity index (χ0) is 15.4. The van der Waals surface area contributed by atoms with Gasteiger partial charge in [0.25, 0.3) is 0 Å². The molecule has 2 aromatic heterocycles. The summed E-state index contributed by atoms with van der Waals surface area (Å²) in [6.45, 7) is 2.94. The quantitative estimate of drug-likeness (QED) is 0.756. The van der Waals surface area contributed by atoms with Crippen LogP contribution in [0.4, 0.5) is 0 Å². The van der Waals surface area contributed by atoms with Gasteiger partial charge in [-0.2, -0.15) is 5.10 Å². The van der Waals surface area contributed by atoms with E-state index in [1.165, 1.54) is 0 Å². The van der Waals surface area contributed by atoms with E-state index in [9.17, 15) is 4.79 Å². The summed E-state index contributed by atoms with van der Waals surface area (Å²) in [7, 11) is 3.45. The Morgan fingerprint density at radius 3 is 2.81 bits per heavy atom. The first-order chi connectivity index (χ1) is 10.0. The van der Waals surface area contributed by atoms with Gasteiger partial charge in [-0.05, 0) is 6.92 Å². The largest absolute Gasteiger partial charge is 0.481 e. The second-order valence-electron chi connectivity index (χ2n) is 4.43. The Hall–Kier alpha value is -1.87. The van der Waals surface area contributed by atoms with Crippen molar-refractivity contribution >= 4 is 17.7 Å². The lowest BCUT2D eigenvalue weighted by Gasteiger charge is -2.08. The minimum atomic E-state index is -0.889. The molecule has 0 aromatic carbocycles. The van der Waals surface area contributed by atoms with Gasteiger partial charge in [-0.1, -0.05) is 11.8 Å². The molecular weight excluding hydrogens is 294 g/mol. The summed E-state index contributed by atoms with van der Waals surface area (Å²) in [5.74, 6) is -0.275. The first-order valence-electron chi connectivity index (χ1n) is 6.30. The maximum atomic E-state index is 10.7. The van der Waals surface area contributed by atoms with Crippen LogP contribution in [0.2, 0.25) is 0 Å². The number of thioether (sulfide) groups is 1. The fraction of sp³-hybridized carbons (Fsp3) is 0.500. The molecule has 0 saturated heterocycles. The normalized spacial score (nSPS) is 11.0. The number of aryl methyl sites for hydroxylation is 2. The van der Waals surface area contributed by atoms with E-state index >= 15 is 0 Å². The average Bonchev–Trinajstić information content (AvgIpc) is 2.96. The summed E-state index contributed by atoms with van der Waals surface area (Å²) in [4.78, 5) is 10.7. The number of hydrogen-bond donors (Lipinski definition) is 1. The summed E-state index contributed by atoms with van der Waals surface area (Å²) in [6, 6.07) is 0. The maximum absolute atomic E-state index is 10.7. The minimum absolute atomic E-state index is 0.0584. The fourth-order valence-electron chi connectivity index (χ4n) is 1.92. The molecule has 0 unspecified atom stereocenters. The van der Waals surface area contributed by atoms with E-state index in [0.29, 0.717) is 24.1 Å². The maximum Gasteiger partial charge on any atom is 0.313 e. The molecule has 0 radical (unpaired) electrons. The molecule has 9 heteroatoms. The molecule has 0 fully saturated rings. The van der Waals surface area contributed by atoms with E-state index in [4.69, 9.17) is 9.84 Å². The molecule has 2 aromatic rings. The number of aromatic nitrogens is 5. The van der Waals surface area contributed by atoms with E-state index in [1.54, 1.807) is 11.8 Å². The predicted octanol–water partition coefficient (Wildman–Crippen LogP) is 0.810. The highest BCUT2D eigenvalue weighted by Crippen LogP contribution is 2.25. The first-order valence-corrected chi connectivity index (χ1v) is 7.28. The summed E-state index contributed by atoms with van der Waals surface area (Å²) in [6.07, 6.45) is 1.87. The smallest absolute Gasteiger partial charge is 0.313 e. The van der Waals surface area contributed by atoms with Crippen LogP contribution in [0.5, 0.6) is 0 Å². The van der Waals surface area contributed by atoms with Gasteiger partial charge in [0.05, 0.1) is 30.2 Å². The molecule has 0 aliphatic heterocycles. The van der Waals surface area contributed by atoms with Gasteiger partial charge in [-0.3, -0.25) is 14.0 Å². The average molecular weight is 311 g/mol. The number of carbonyl (C=O) groups is 1. The number of nitrogens with zero attached hydrogens (tertiary/aromatic N) is 5. The standard InChI is InChI=1S/C12H17N5O3S/c1-8-9(6-16(2)15-8)11-13-14-12(21-7-10(18)19)17(11)4-5-20-3/h6H,4-5,7H2,1-3H3,(H,18,19). The molecule has 2 heterocycles. The van der Waals surface area contributed by atoms with E-state index in [0.717, 1.165) is 23.0 Å². The van der Waals surface area contributed by atoms with Crippen molar-refractivity contribution in [2.24, 2.45) is 7.05 Å². The van der Waals surface area contributed by atoms with Crippen LogP contribution < -0.4 is 0 Å². The number of carboxylic acids is 1. The second-order valence-corrected chi connectivity index (χ2v) is 5.38. The Labute approximate surface area is 126 Å². The molecule has 0 bridgehead atoms. The van der Waals surface area contributed by atoms with Crippen LogP contribution in [0.25, 0.3) is 11.4 Å². The van der Waals surface area contributed by atoms with Crippen molar-refractivity contribution in [1.29, 1.82) is 0 Å². The summed E-state index contributed by atoms with van der Waals surface area (Å²) < 4.78 is 8.67. The molecule has 0 atom stereocenters. The molecule has 0 aliphatic carbocycles. The number of hydrogen-bond acceptors (Lipinski definition) is 6. The van der Waals surface area contributed by atoms with Crippen LogP contribution >= 0.6 is 11.8 Å². The molecule has 21 heavy (non-hydrogen) atoms. The van der Waals surface area contributed by atoms with Crippen molar-refractivity contribution in [2.75, 3.05) is 19.5 Å². The lowest BCUT2D eigenvalue weighted by atomic mass is 10.2. The van der Waals surface area contributed by atoms with Gasteiger partial charge in [0, 0.05) is 20.4 Å². The minimum Gasteiger partial charge on any atom is -0.481 e. The zero-order valence-electron chi connectivity index (χ0n) is 12.1. The Kier molecular flexibility index (Phi) is 4.97. The van der Waals surface area contributed by atoms with Crippen LogP contribution in [0, 0.1) is 6.92 Å². The molecule has 8 nitrogen and oxygen atoms in total. The molecule has 2 rings (SSSR count). The van der Waals surface area contributed by atoms with Gasteiger partial charge in [0.1, 0.15) is 0 Å². The highest BCUT2D eigenvalue weighted by atomic mass is 32.2. The van der Waals surface area contributed by atoms with Crippen LogP contribution in [0.15, 0.2) is 11.4 Å². The monoisotopic (exact) mass is 311 g/mol. The highest BCUT2D eigenvalue weighted by molar-refractivity contribution is 7.99. The fourth-order valence-corrected chi connectivity index (χ4v) is 2.61. The van der Waals surface area contributed by atoms with Crippen molar-refractivity contribution < 1.29 is 14.6 Å². The number of ether oxygens (including phenoxy) is 1. The molecule has 114 valence electrons. The van der Waals surface area contributed by atoms with E-state index in [-0.39, 0.29) is 5.75 Å². The lowest BCUT2D eigenvalue weighted by molar-refractivity contribution is -0.133. The summed E-state index contributed by atoms with van der Waals surface area (Å²) in [5.41, 5.74) is 1.72. The SMILES string of the molecule is COCCn1c(SCC(=O)O)nnc1-c1cn(C)nc1C. The van der Waals surface area contributed by atoms with Crippen molar-refractivity contribution in [3.8, 4) is 11.4 Å². The van der Waals surface area contributed by atoms with Gasteiger partial charge < -0.3 is 9.84 Å². The molecular formula is C12H17N5O3S. The third-order valence-corrected chi connectivity index (χ3v) is 3.77. The first kappa shape index (κ1) is 15.5. The van der Waals surface area contributed by atoms with Crippen LogP contribution in [0.3, 0.4) is 0 Å². The number of rotatable bonds is 7. The third kappa shape index (κ3) is 3.61. The van der Waals surface area contributed by atoms with Crippen LogP contribution in [-0.4, -0.2) is 55.1 Å². The van der Waals surface area contributed by atoms with Gasteiger partial charge in [-0.25, -0.2) is 0 Å². The van der Waals surface area contributed by atoms with E-state index in [1.807, 2.05) is 24.7 Å². The van der Waals surface area contributed by atoms with Crippen molar-refractivity contribution in [2.45, 2.75) is 18.6 Å². The Morgan fingerprint density at radius 1 is 1.48 bits per heavy atom. The zero-order valence-corrected chi connectivity index (χ0v) is 12.9. The topological polar surface area (TPSA) is 95.1 Å². The van der Waals surface area contributed by atoms with E-state index < -0.39 is 5.97 Å². The Morgan fingerprint density at radius 2 is 2.24 bits per heavy atom. The van der Waals surface area contributed by atoms with Gasteiger partial charge in [0.15, 0.2) is 11.0 Å². The number of aliphatic carboxylic acids is 1. The molecule has 0 saturated carbocycles. The number of carboxylic acid groups (broad SMARTS) is 1. The third-order valence-electron chi connectivity index (χ3n) is 2.81. The Balaban J connectivity index is 2.36. The van der Waals surface area contributed by atoms with Crippen molar-refractivity contribution in [3.05, 3.63) is 11.9 Å². The molecule has 0 amide bonds. The van der Waals surface area contributed by atoms with Crippen LogP contribution in [0.1, 0.15) is 5.69 Å².